The summed E-state index contributed by atoms with van der Waals surface area (Å²) in [5, 5.41) is 13.9. The van der Waals surface area contributed by atoms with Crippen molar-refractivity contribution in [3.8, 4) is 5.75 Å². The van der Waals surface area contributed by atoms with Gasteiger partial charge in [0.25, 0.3) is 0 Å². The predicted octanol–water partition coefficient (Wildman–Crippen LogP) is 5.76. The van der Waals surface area contributed by atoms with Gasteiger partial charge in [0.2, 0.25) is 23.6 Å². The molecule has 6 rings (SSSR count). The fourth-order valence-electron chi connectivity index (χ4n) is 10.1. The Morgan fingerprint density at radius 1 is 1.04 bits per heavy atom. The molecule has 20 heteroatoms. The van der Waals surface area contributed by atoms with Crippen LogP contribution >= 0.6 is 23.4 Å². The summed E-state index contributed by atoms with van der Waals surface area (Å²) in [5.41, 5.74) is -1.17. The Morgan fingerprint density at radius 2 is 1.74 bits per heavy atom. The number of hydrogen-bond acceptors (Lipinski definition) is 15. The standard InChI is InChI=1S/C52H71ClN4O14S/c1-28(2)36(58)23-37(59)34-16-14-32(15-17-34)27-57-45(62)24-40(48(57)63)72-19-18-43(60)55(7)31(5)49(64)70-42-25-44(61)56(8)35-21-33(22-38(67-9)46(35)53)20-29(3)12-11-13-41(68-10)52(66)26-39(69-50(65)54-52)30(4)47-51(42,6)71-47/h11-13,21-22,28,30-32,34,39-42,47,66H,14-20,23-27H2,1-10H3,(H,54,65)/b13-11+,29-12+/t30-,31-,32?,34?,39+,40?,41-,42+,47+,51+,52+/m1/s1. The van der Waals surface area contributed by atoms with Crippen LogP contribution in [-0.2, 0) is 58.9 Å². The lowest BCUT2D eigenvalue weighted by Gasteiger charge is -2.42. The van der Waals surface area contributed by atoms with E-state index in [9.17, 15) is 43.5 Å². The van der Waals surface area contributed by atoms with E-state index in [-0.39, 0.29) is 90.6 Å². The number of fused-ring (bicyclic) bond motifs is 5. The molecule has 3 saturated heterocycles. The molecule has 4 bridgehead atoms. The molecule has 1 unspecified atom stereocenters. The van der Waals surface area contributed by atoms with Crippen LogP contribution in [0.2, 0.25) is 5.02 Å². The number of thioether (sulfide) groups is 1. The highest BCUT2D eigenvalue weighted by molar-refractivity contribution is 8.00. The normalized spacial score (nSPS) is 31.7. The maximum Gasteiger partial charge on any atom is 0.409 e. The Balaban J connectivity index is 1.12. The summed E-state index contributed by atoms with van der Waals surface area (Å²) in [6, 6.07) is 2.40. The summed E-state index contributed by atoms with van der Waals surface area (Å²) in [4.78, 5) is 110. The van der Waals surface area contributed by atoms with Gasteiger partial charge in [-0.05, 0) is 76.5 Å². The number of likely N-dealkylation sites (N-methyl/N-ethyl adjacent to an activating group) is 1. The number of rotatable bonds is 15. The van der Waals surface area contributed by atoms with Gasteiger partial charge in [-0.1, -0.05) is 56.2 Å². The number of ether oxygens (including phenoxy) is 5. The monoisotopic (exact) mass is 1040 g/mol. The predicted molar refractivity (Wildman–Crippen MR) is 268 cm³/mol. The van der Waals surface area contributed by atoms with E-state index in [1.165, 1.54) is 54.7 Å². The topological polar surface area (TPSA) is 228 Å². The van der Waals surface area contributed by atoms with Crippen LogP contribution in [0.1, 0.15) is 105 Å². The van der Waals surface area contributed by atoms with Crippen molar-refractivity contribution in [1.82, 2.24) is 15.1 Å². The minimum atomic E-state index is -1.88. The highest BCUT2D eigenvalue weighted by Gasteiger charge is 2.64. The molecule has 0 spiro atoms. The number of benzene rings is 1. The van der Waals surface area contributed by atoms with E-state index >= 15 is 0 Å². The van der Waals surface area contributed by atoms with Gasteiger partial charge in [0.05, 0.1) is 37.0 Å². The van der Waals surface area contributed by atoms with Gasteiger partial charge in [-0.2, -0.15) is 0 Å². The number of aliphatic hydroxyl groups is 1. The van der Waals surface area contributed by atoms with Crippen LogP contribution in [-0.4, -0.2) is 150 Å². The third kappa shape index (κ3) is 12.9. The number of imide groups is 1. The van der Waals surface area contributed by atoms with Crippen LogP contribution in [0, 0.1) is 23.7 Å². The molecule has 1 saturated carbocycles. The number of carbonyl (C=O) groups is 8. The van der Waals surface area contributed by atoms with Crippen LogP contribution in [0.15, 0.2) is 35.9 Å². The van der Waals surface area contributed by atoms with Crippen molar-refractivity contribution in [3.05, 3.63) is 46.5 Å². The second-order valence-corrected chi connectivity index (χ2v) is 22.2. The number of carbonyl (C=O) groups excluding carboxylic acids is 8. The minimum Gasteiger partial charge on any atom is -0.495 e. The lowest BCUT2D eigenvalue weighted by Crippen LogP contribution is -2.63. The zero-order valence-electron chi connectivity index (χ0n) is 43.0. The van der Waals surface area contributed by atoms with Gasteiger partial charge in [-0.25, -0.2) is 9.59 Å². The van der Waals surface area contributed by atoms with E-state index in [1.54, 1.807) is 59.0 Å². The number of nitrogens with zero attached hydrogens (tertiary/aromatic N) is 3. The molecule has 5 aliphatic rings. The van der Waals surface area contributed by atoms with E-state index in [0.717, 1.165) is 11.1 Å². The van der Waals surface area contributed by atoms with Crippen LogP contribution in [0.4, 0.5) is 10.5 Å². The van der Waals surface area contributed by atoms with E-state index in [0.29, 0.717) is 43.5 Å². The third-order valence-corrected chi connectivity index (χ3v) is 16.7. The van der Waals surface area contributed by atoms with Gasteiger partial charge in [-0.3, -0.25) is 39.0 Å². The van der Waals surface area contributed by atoms with Crippen LogP contribution < -0.4 is 15.0 Å². The molecule has 72 heavy (non-hydrogen) atoms. The molecule has 4 heterocycles. The number of likely N-dealkylation sites (tertiary alicyclic amines) is 1. The first-order valence-corrected chi connectivity index (χ1v) is 26.2. The summed E-state index contributed by atoms with van der Waals surface area (Å²) >= 11 is 8.02. The smallest absolute Gasteiger partial charge is 0.409 e. The van der Waals surface area contributed by atoms with Crippen LogP contribution in [0.25, 0.3) is 0 Å². The third-order valence-electron chi connectivity index (χ3n) is 15.1. The number of anilines is 1. The van der Waals surface area contributed by atoms with Gasteiger partial charge < -0.3 is 38.6 Å². The van der Waals surface area contributed by atoms with Crippen molar-refractivity contribution in [2.24, 2.45) is 23.7 Å². The summed E-state index contributed by atoms with van der Waals surface area (Å²) in [5.74, 6) is -2.82. The lowest BCUT2D eigenvalue weighted by molar-refractivity contribution is -0.162. The molecule has 2 N–H and O–H groups in total. The number of epoxide rings is 1. The molecule has 1 aliphatic carbocycles. The van der Waals surface area contributed by atoms with Crippen LogP contribution in [0.5, 0.6) is 5.75 Å². The molecule has 1 aromatic carbocycles. The highest BCUT2D eigenvalue weighted by atomic mass is 35.5. The Kier molecular flexibility index (Phi) is 18.5. The van der Waals surface area contributed by atoms with E-state index in [2.05, 4.69) is 5.32 Å². The number of amides is 5. The van der Waals surface area contributed by atoms with E-state index < -0.39 is 76.8 Å². The van der Waals surface area contributed by atoms with Gasteiger partial charge in [0, 0.05) is 70.5 Å². The number of ketones is 2. The Bertz CT molecular complexity index is 2340. The Hall–Kier alpha value is -4.82. The first-order chi connectivity index (χ1) is 33.9. The van der Waals surface area contributed by atoms with Crippen molar-refractivity contribution in [1.29, 1.82) is 0 Å². The van der Waals surface area contributed by atoms with Crippen molar-refractivity contribution in [2.45, 2.75) is 153 Å². The Labute approximate surface area is 431 Å². The summed E-state index contributed by atoms with van der Waals surface area (Å²) in [6.07, 6.45) is 2.87. The molecule has 396 valence electrons. The average molecular weight is 1040 g/mol. The average Bonchev–Trinajstić information content (AvgIpc) is 3.96. The zero-order chi connectivity index (χ0) is 53.0. The van der Waals surface area contributed by atoms with Crippen molar-refractivity contribution < 1.29 is 67.1 Å². The number of allylic oxidation sites excluding steroid dienone is 3. The Morgan fingerprint density at radius 3 is 2.39 bits per heavy atom. The van der Waals surface area contributed by atoms with Gasteiger partial charge in [0.1, 0.15) is 52.3 Å². The van der Waals surface area contributed by atoms with Crippen molar-refractivity contribution >= 4 is 76.3 Å². The summed E-state index contributed by atoms with van der Waals surface area (Å²) in [7, 11) is 5.88. The number of halogens is 1. The van der Waals surface area contributed by atoms with Crippen molar-refractivity contribution in [2.75, 3.05) is 45.5 Å². The quantitative estimate of drug-likeness (QED) is 0.0922. The second kappa shape index (κ2) is 23.6. The fraction of sp³-hybridized carbons (Fsp3) is 0.654. The van der Waals surface area contributed by atoms with Gasteiger partial charge >= 0.3 is 12.1 Å². The first kappa shape index (κ1) is 56.5. The fourth-order valence-corrected chi connectivity index (χ4v) is 11.5. The first-order valence-electron chi connectivity index (χ1n) is 24.8. The molecule has 5 amide bonds. The highest BCUT2D eigenvalue weighted by Crippen LogP contribution is 2.49. The summed E-state index contributed by atoms with van der Waals surface area (Å²) in [6.45, 7) is 10.7. The number of alkyl carbamates (subject to hydrolysis) is 1. The molecule has 9 atom stereocenters. The van der Waals surface area contributed by atoms with Crippen LogP contribution in [0.3, 0.4) is 0 Å². The molecule has 0 aromatic heterocycles. The zero-order valence-corrected chi connectivity index (χ0v) is 44.6. The molecular formula is C52H71ClN4O14S. The van der Waals surface area contributed by atoms with Gasteiger partial charge in [0.15, 0.2) is 5.72 Å². The molecule has 4 fully saturated rings. The molecule has 4 aliphatic heterocycles. The van der Waals surface area contributed by atoms with Crippen molar-refractivity contribution in [3.63, 3.8) is 0 Å². The van der Waals surface area contributed by atoms with Gasteiger partial charge in [-0.15, -0.1) is 11.8 Å². The van der Waals surface area contributed by atoms with E-state index in [4.69, 9.17) is 35.3 Å². The number of methoxy groups -OCH3 is 2. The summed E-state index contributed by atoms with van der Waals surface area (Å²) < 4.78 is 29.4. The maximum absolute atomic E-state index is 14.4. The van der Waals surface area contributed by atoms with E-state index in [1.807, 2.05) is 13.0 Å². The lowest BCUT2D eigenvalue weighted by atomic mass is 9.78. The SMILES string of the molecule is COc1cc2cc(c1Cl)N(C)C(=O)C[C@H](OC(=O)[C@@H](C)N(C)C(=O)CCSC1CC(=O)N(CC3CCC(C(=O)CC(=O)C(C)C)CC3)C1=O)[C@]1(C)O[C@H]1[C@H](C)[C@@H]1C[C@@](O)(NC(=O)O1)[C@H](OC)/C=C/C=C(\C)C2. The maximum atomic E-state index is 14.4. The molecule has 0 radical (unpaired) electrons. The second-order valence-electron chi connectivity index (χ2n) is 20.5. The molecule has 1 aromatic rings. The largest absolute Gasteiger partial charge is 0.495 e. The number of Topliss-reactive ketones (excluding diaryl/α,β-unsaturated/α-hetero) is 2. The number of esters is 1. The number of nitrogens with one attached hydrogen (secondary N) is 1. The minimum absolute atomic E-state index is 0.00527. The molecule has 18 nitrogen and oxygen atoms in total. The molecular weight excluding hydrogens is 972 g/mol. The number of hydrogen-bond donors (Lipinski definition) is 2.